The number of hydrogen-bond acceptors (Lipinski definition) is 10. The third-order valence-corrected chi connectivity index (χ3v) is 7.75. The molecule has 5 rings (SSSR count). The van der Waals surface area contributed by atoms with Crippen LogP contribution in [0.5, 0.6) is 23.0 Å². The minimum absolute atomic E-state index is 0.178. The molecule has 230 valence electrons. The lowest BCUT2D eigenvalue weighted by molar-refractivity contribution is 0.00539. The van der Waals surface area contributed by atoms with E-state index in [0.29, 0.717) is 51.0 Å². The maximum Gasteiger partial charge on any atom is 0.142 e. The topological polar surface area (TPSA) is 100 Å². The van der Waals surface area contributed by atoms with Gasteiger partial charge in [0, 0.05) is 46.4 Å². The van der Waals surface area contributed by atoms with Crippen LogP contribution in [0.4, 0.5) is 5.69 Å². The van der Waals surface area contributed by atoms with Gasteiger partial charge in [-0.15, -0.1) is 0 Å². The first-order valence-corrected chi connectivity index (χ1v) is 14.8. The van der Waals surface area contributed by atoms with Gasteiger partial charge in [0.1, 0.15) is 42.3 Å². The third kappa shape index (κ3) is 8.23. The fraction of sp³-hybridized carbons (Fsp3) is 0.455. The number of hydrogen-bond donors (Lipinski definition) is 1. The van der Waals surface area contributed by atoms with Gasteiger partial charge in [0.15, 0.2) is 0 Å². The molecule has 0 saturated carbocycles. The van der Waals surface area contributed by atoms with Gasteiger partial charge in [-0.3, -0.25) is 0 Å². The maximum absolute atomic E-state index is 11.9. The lowest BCUT2D eigenvalue weighted by atomic mass is 9.84. The summed E-state index contributed by atoms with van der Waals surface area (Å²) < 4.78 is 34.3. The van der Waals surface area contributed by atoms with Crippen LogP contribution in [-0.4, -0.2) is 79.0 Å². The standard InChI is InChI=1S/C33H41N3O7/c1-38-16-3-14-36-15-17-41-31-13-4-24(20-30(31)36)23-42-32-22-34-21-29(35-37)33(32)25-5-7-27(8-6-25)43-28-11-9-26(10-12-28)40-19-18-39-2/h4-13,20,29,32-34H,3,14-19,21-23H2,1-2H3/t29-,32+,33?/m1/s1. The number of rotatable bonds is 15. The van der Waals surface area contributed by atoms with Crippen molar-refractivity contribution in [1.29, 1.82) is 0 Å². The second kappa shape index (κ2) is 15.7. The predicted octanol–water partition coefficient (Wildman–Crippen LogP) is 5.15. The van der Waals surface area contributed by atoms with Crippen LogP contribution in [0.1, 0.15) is 23.5 Å². The first-order chi connectivity index (χ1) is 21.2. The Labute approximate surface area is 253 Å². The molecule has 1 fully saturated rings. The molecule has 43 heavy (non-hydrogen) atoms. The molecule has 0 bridgehead atoms. The molecule has 10 nitrogen and oxygen atoms in total. The van der Waals surface area contributed by atoms with E-state index in [1.54, 1.807) is 14.2 Å². The first kappa shape index (κ1) is 30.7. The molecule has 1 unspecified atom stereocenters. The molecule has 1 N–H and O–H groups in total. The second-order valence-electron chi connectivity index (χ2n) is 10.7. The summed E-state index contributed by atoms with van der Waals surface area (Å²) in [7, 11) is 3.37. The predicted molar refractivity (Wildman–Crippen MR) is 165 cm³/mol. The van der Waals surface area contributed by atoms with Gasteiger partial charge in [-0.25, -0.2) is 0 Å². The minimum atomic E-state index is -0.440. The number of ether oxygens (including phenoxy) is 6. The SMILES string of the molecule is COCCCN1CCOc2ccc(CO[C@H]3CNC[C@@H](N=O)C3c3ccc(Oc4ccc(OCCOC)cc4)cc3)cc21. The summed E-state index contributed by atoms with van der Waals surface area (Å²) in [6.07, 6.45) is 0.728. The van der Waals surface area contributed by atoms with Crippen LogP contribution in [0.15, 0.2) is 71.9 Å². The van der Waals surface area contributed by atoms with Crippen LogP contribution < -0.4 is 24.4 Å². The van der Waals surface area contributed by atoms with Crippen LogP contribution in [0.25, 0.3) is 0 Å². The Morgan fingerprint density at radius 3 is 2.40 bits per heavy atom. The molecule has 3 aromatic carbocycles. The van der Waals surface area contributed by atoms with Crippen molar-refractivity contribution in [2.75, 3.05) is 71.7 Å². The summed E-state index contributed by atoms with van der Waals surface area (Å²) in [6.45, 7) is 5.73. The molecule has 2 aliphatic rings. The van der Waals surface area contributed by atoms with Gasteiger partial charge < -0.3 is 38.6 Å². The number of piperidine rings is 1. The van der Waals surface area contributed by atoms with Crippen molar-refractivity contribution in [3.8, 4) is 23.0 Å². The molecule has 10 heteroatoms. The average molecular weight is 592 g/mol. The molecule has 0 radical (unpaired) electrons. The number of nitrogens with zero attached hydrogens (tertiary/aromatic N) is 2. The highest BCUT2D eigenvalue weighted by Gasteiger charge is 2.36. The zero-order chi connectivity index (χ0) is 29.9. The quantitative estimate of drug-likeness (QED) is 0.190. The van der Waals surface area contributed by atoms with Gasteiger partial charge in [-0.05, 0) is 66.1 Å². The Kier molecular flexibility index (Phi) is 11.2. The first-order valence-electron chi connectivity index (χ1n) is 14.8. The number of anilines is 1. The molecular weight excluding hydrogens is 550 g/mol. The van der Waals surface area contributed by atoms with Crippen LogP contribution in [0, 0.1) is 4.91 Å². The van der Waals surface area contributed by atoms with Crippen LogP contribution in [0.2, 0.25) is 0 Å². The zero-order valence-corrected chi connectivity index (χ0v) is 24.9. The zero-order valence-electron chi connectivity index (χ0n) is 24.9. The van der Waals surface area contributed by atoms with Crippen molar-refractivity contribution in [3.63, 3.8) is 0 Å². The van der Waals surface area contributed by atoms with Crippen molar-refractivity contribution in [2.45, 2.75) is 31.1 Å². The number of nitrogens with one attached hydrogen (secondary N) is 1. The normalized spacial score (nSPS) is 19.8. The summed E-state index contributed by atoms with van der Waals surface area (Å²) in [5.74, 6) is 2.87. The molecule has 2 heterocycles. The molecule has 0 spiro atoms. The smallest absolute Gasteiger partial charge is 0.142 e. The monoisotopic (exact) mass is 591 g/mol. The highest BCUT2D eigenvalue weighted by Crippen LogP contribution is 2.35. The molecule has 0 amide bonds. The van der Waals surface area contributed by atoms with Crippen molar-refractivity contribution in [3.05, 3.63) is 82.8 Å². The summed E-state index contributed by atoms with van der Waals surface area (Å²) in [4.78, 5) is 14.2. The van der Waals surface area contributed by atoms with Crippen LogP contribution >= 0.6 is 0 Å². The van der Waals surface area contributed by atoms with Gasteiger partial charge in [-0.1, -0.05) is 23.4 Å². The Morgan fingerprint density at radius 2 is 1.65 bits per heavy atom. The molecule has 2 aliphatic heterocycles. The lowest BCUT2D eigenvalue weighted by Gasteiger charge is -2.36. The van der Waals surface area contributed by atoms with E-state index < -0.39 is 6.04 Å². The van der Waals surface area contributed by atoms with Gasteiger partial charge >= 0.3 is 0 Å². The number of nitroso groups, excluding NO2 is 1. The van der Waals surface area contributed by atoms with Crippen LogP contribution in [0.3, 0.4) is 0 Å². The van der Waals surface area contributed by atoms with E-state index in [0.717, 1.165) is 54.4 Å². The Bertz CT molecular complexity index is 1290. The fourth-order valence-corrected chi connectivity index (χ4v) is 5.56. The lowest BCUT2D eigenvalue weighted by Crippen LogP contribution is -2.48. The van der Waals surface area contributed by atoms with E-state index in [4.69, 9.17) is 28.4 Å². The summed E-state index contributed by atoms with van der Waals surface area (Å²) in [6, 6.07) is 21.1. The summed E-state index contributed by atoms with van der Waals surface area (Å²) in [5.41, 5.74) is 3.13. The van der Waals surface area contributed by atoms with Crippen molar-refractivity contribution < 1.29 is 28.4 Å². The van der Waals surface area contributed by atoms with E-state index >= 15 is 0 Å². The summed E-state index contributed by atoms with van der Waals surface area (Å²) in [5, 5.41) is 6.78. The van der Waals surface area contributed by atoms with E-state index in [1.807, 2.05) is 60.7 Å². The molecule has 3 aromatic rings. The summed E-state index contributed by atoms with van der Waals surface area (Å²) >= 11 is 0. The van der Waals surface area contributed by atoms with Crippen molar-refractivity contribution in [2.24, 2.45) is 5.18 Å². The molecular formula is C33H41N3O7. The van der Waals surface area contributed by atoms with Crippen molar-refractivity contribution in [1.82, 2.24) is 5.32 Å². The van der Waals surface area contributed by atoms with E-state index in [9.17, 15) is 4.91 Å². The highest BCUT2D eigenvalue weighted by atomic mass is 16.5. The molecule has 3 atom stereocenters. The second-order valence-corrected chi connectivity index (χ2v) is 10.7. The van der Waals surface area contributed by atoms with E-state index in [1.165, 1.54) is 0 Å². The maximum atomic E-state index is 11.9. The van der Waals surface area contributed by atoms with E-state index in [-0.39, 0.29) is 12.0 Å². The van der Waals surface area contributed by atoms with Gasteiger partial charge in [0.2, 0.25) is 0 Å². The van der Waals surface area contributed by atoms with Gasteiger partial charge in [0.05, 0.1) is 31.5 Å². The third-order valence-electron chi connectivity index (χ3n) is 7.75. The Hall–Kier alpha value is -3.70. The largest absolute Gasteiger partial charge is 0.491 e. The minimum Gasteiger partial charge on any atom is -0.491 e. The average Bonchev–Trinajstić information content (AvgIpc) is 3.05. The Balaban J connectivity index is 1.23. The Morgan fingerprint density at radius 1 is 0.907 bits per heavy atom. The van der Waals surface area contributed by atoms with E-state index in [2.05, 4.69) is 21.5 Å². The number of methoxy groups -OCH3 is 2. The van der Waals surface area contributed by atoms with Crippen LogP contribution in [-0.2, 0) is 20.8 Å². The van der Waals surface area contributed by atoms with Gasteiger partial charge in [-0.2, -0.15) is 4.91 Å². The van der Waals surface area contributed by atoms with Gasteiger partial charge in [0.25, 0.3) is 0 Å². The molecule has 0 aliphatic carbocycles. The number of fused-ring (bicyclic) bond motifs is 1. The van der Waals surface area contributed by atoms with Crippen molar-refractivity contribution >= 4 is 5.69 Å². The number of benzene rings is 3. The molecule has 1 saturated heterocycles. The molecule has 0 aromatic heterocycles. The highest BCUT2D eigenvalue weighted by molar-refractivity contribution is 5.61. The fourth-order valence-electron chi connectivity index (χ4n) is 5.56.